The van der Waals surface area contributed by atoms with E-state index in [0.717, 1.165) is 10.7 Å². The summed E-state index contributed by atoms with van der Waals surface area (Å²) in [5, 5.41) is 4.08. The van der Waals surface area contributed by atoms with Crippen LogP contribution in [0.25, 0.3) is 11.3 Å². The van der Waals surface area contributed by atoms with E-state index in [2.05, 4.69) is 9.84 Å². The highest BCUT2D eigenvalue weighted by Crippen LogP contribution is 2.34. The molecule has 0 aliphatic carbocycles. The van der Waals surface area contributed by atoms with Crippen molar-refractivity contribution >= 4 is 11.6 Å². The molecule has 2 rings (SSSR count). The van der Waals surface area contributed by atoms with Crippen LogP contribution in [0.3, 0.4) is 0 Å². The molecule has 0 aliphatic heterocycles. The van der Waals surface area contributed by atoms with Crippen LogP contribution >= 0.6 is 11.6 Å². The van der Waals surface area contributed by atoms with Crippen LogP contribution in [0, 0.1) is 5.82 Å². The van der Waals surface area contributed by atoms with Crippen molar-refractivity contribution in [2.45, 2.75) is 26.6 Å². The molecule has 0 N–H and O–H groups in total. The van der Waals surface area contributed by atoms with Crippen LogP contribution in [0.5, 0.6) is 11.6 Å². The monoisotopic (exact) mass is 334 g/mol. The van der Waals surface area contributed by atoms with Gasteiger partial charge < -0.3 is 9.47 Å². The van der Waals surface area contributed by atoms with Crippen molar-refractivity contribution in [2.75, 3.05) is 0 Å². The van der Waals surface area contributed by atoms with E-state index < -0.39 is 12.4 Å². The molecule has 22 heavy (non-hydrogen) atoms. The smallest absolute Gasteiger partial charge is 0.388 e. The van der Waals surface area contributed by atoms with Crippen molar-refractivity contribution in [3.05, 3.63) is 29.0 Å². The summed E-state index contributed by atoms with van der Waals surface area (Å²) in [6.45, 7) is 0.613. The minimum Gasteiger partial charge on any atom is -0.489 e. The fraction of sp³-hybridized carbons (Fsp3) is 0.357. The van der Waals surface area contributed by atoms with Crippen LogP contribution in [0.2, 0.25) is 5.02 Å². The SMILES string of the molecule is CC(C)Oc1cc(-c2cc(OC(F)F)n(C)n2)c(F)cc1Cl. The topological polar surface area (TPSA) is 36.3 Å². The van der Waals surface area contributed by atoms with Gasteiger partial charge in [-0.1, -0.05) is 11.6 Å². The normalized spacial score (nSPS) is 11.3. The summed E-state index contributed by atoms with van der Waals surface area (Å²) >= 11 is 5.92. The molecule has 1 aromatic heterocycles. The Morgan fingerprint density at radius 2 is 1.86 bits per heavy atom. The Balaban J connectivity index is 2.43. The van der Waals surface area contributed by atoms with Gasteiger partial charge in [-0.05, 0) is 26.0 Å². The third kappa shape index (κ3) is 3.65. The summed E-state index contributed by atoms with van der Waals surface area (Å²) in [5.41, 5.74) is 0.223. The molecule has 1 heterocycles. The van der Waals surface area contributed by atoms with E-state index in [4.69, 9.17) is 16.3 Å². The molecule has 0 unspecified atom stereocenters. The predicted molar refractivity (Wildman–Crippen MR) is 76.0 cm³/mol. The molecule has 2 aromatic rings. The van der Waals surface area contributed by atoms with Crippen LogP contribution < -0.4 is 9.47 Å². The lowest BCUT2D eigenvalue weighted by atomic mass is 10.1. The summed E-state index contributed by atoms with van der Waals surface area (Å²) in [6, 6.07) is 3.70. The van der Waals surface area contributed by atoms with Crippen molar-refractivity contribution in [1.29, 1.82) is 0 Å². The highest BCUT2D eigenvalue weighted by Gasteiger charge is 2.18. The maximum absolute atomic E-state index is 14.1. The van der Waals surface area contributed by atoms with Crippen molar-refractivity contribution < 1.29 is 22.6 Å². The van der Waals surface area contributed by atoms with Crippen LogP contribution in [-0.4, -0.2) is 22.5 Å². The number of hydrogen-bond donors (Lipinski definition) is 0. The summed E-state index contributed by atoms with van der Waals surface area (Å²) in [5.74, 6) is -0.525. The Morgan fingerprint density at radius 1 is 1.18 bits per heavy atom. The molecule has 0 spiro atoms. The van der Waals surface area contributed by atoms with Gasteiger partial charge in [-0.25, -0.2) is 9.07 Å². The number of hydrogen-bond acceptors (Lipinski definition) is 3. The summed E-state index contributed by atoms with van der Waals surface area (Å²) in [7, 11) is 1.42. The van der Waals surface area contributed by atoms with Gasteiger partial charge in [-0.3, -0.25) is 0 Å². The largest absolute Gasteiger partial charge is 0.489 e. The summed E-state index contributed by atoms with van der Waals surface area (Å²) in [4.78, 5) is 0. The molecule has 4 nitrogen and oxygen atoms in total. The van der Waals surface area contributed by atoms with Crippen LogP contribution in [0.15, 0.2) is 18.2 Å². The molecule has 1 aromatic carbocycles. The fourth-order valence-corrected chi connectivity index (χ4v) is 2.05. The van der Waals surface area contributed by atoms with Gasteiger partial charge in [0.05, 0.1) is 16.8 Å². The lowest BCUT2D eigenvalue weighted by Gasteiger charge is -2.12. The van der Waals surface area contributed by atoms with Crippen LogP contribution in [0.1, 0.15) is 13.8 Å². The van der Waals surface area contributed by atoms with Crippen molar-refractivity contribution in [2.24, 2.45) is 7.05 Å². The van der Waals surface area contributed by atoms with Crippen molar-refractivity contribution in [3.63, 3.8) is 0 Å². The first-order valence-electron chi connectivity index (χ1n) is 6.43. The highest BCUT2D eigenvalue weighted by atomic mass is 35.5. The second kappa shape index (κ2) is 6.48. The molecule has 0 saturated carbocycles. The molecule has 0 radical (unpaired) electrons. The minimum absolute atomic E-state index is 0.0831. The van der Waals surface area contributed by atoms with E-state index in [1.807, 2.05) is 0 Å². The average Bonchev–Trinajstić information content (AvgIpc) is 2.73. The Kier molecular flexibility index (Phi) is 4.85. The predicted octanol–water partition coefficient (Wildman–Crippen LogP) is 4.27. The zero-order chi connectivity index (χ0) is 16.4. The average molecular weight is 335 g/mol. The van der Waals surface area contributed by atoms with Gasteiger partial charge in [0.2, 0.25) is 5.88 Å². The summed E-state index contributed by atoms with van der Waals surface area (Å²) < 4.78 is 49.5. The zero-order valence-corrected chi connectivity index (χ0v) is 12.9. The first-order valence-corrected chi connectivity index (χ1v) is 6.80. The lowest BCUT2D eigenvalue weighted by molar-refractivity contribution is -0.0553. The number of aryl methyl sites for hydroxylation is 1. The quantitative estimate of drug-likeness (QED) is 0.819. The van der Waals surface area contributed by atoms with Crippen molar-refractivity contribution in [3.8, 4) is 22.9 Å². The number of aromatic nitrogens is 2. The van der Waals surface area contributed by atoms with E-state index in [-0.39, 0.29) is 34.0 Å². The second-order valence-electron chi connectivity index (χ2n) is 4.80. The van der Waals surface area contributed by atoms with Gasteiger partial charge in [0.25, 0.3) is 0 Å². The Bertz CT molecular complexity index is 674. The molecule has 0 aliphatic rings. The molecule has 0 atom stereocenters. The minimum atomic E-state index is -2.99. The zero-order valence-electron chi connectivity index (χ0n) is 12.1. The number of ether oxygens (including phenoxy) is 2. The third-order valence-corrected chi connectivity index (χ3v) is 3.00. The van der Waals surface area contributed by atoms with Gasteiger partial charge in [-0.15, -0.1) is 0 Å². The second-order valence-corrected chi connectivity index (χ2v) is 5.21. The molecule has 0 amide bonds. The van der Waals surface area contributed by atoms with Gasteiger partial charge in [0.1, 0.15) is 11.6 Å². The standard InChI is InChI=1S/C14H14ClF3N2O2/c1-7(2)21-12-4-8(10(16)5-9(12)15)11-6-13(20(3)19-11)22-14(17)18/h4-7,14H,1-3H3. The maximum Gasteiger partial charge on any atom is 0.388 e. The molecule has 120 valence electrons. The van der Waals surface area contributed by atoms with E-state index >= 15 is 0 Å². The number of nitrogens with zero attached hydrogens (tertiary/aromatic N) is 2. The Morgan fingerprint density at radius 3 is 2.45 bits per heavy atom. The molecular formula is C14H14ClF3N2O2. The van der Waals surface area contributed by atoms with Crippen LogP contribution in [0.4, 0.5) is 13.2 Å². The van der Waals surface area contributed by atoms with Gasteiger partial charge in [0, 0.05) is 18.7 Å². The number of rotatable bonds is 5. The molecule has 0 bridgehead atoms. The molecular weight excluding hydrogens is 321 g/mol. The van der Waals surface area contributed by atoms with Crippen LogP contribution in [-0.2, 0) is 7.05 Å². The number of halogens is 4. The first-order chi connectivity index (χ1) is 10.3. The van der Waals surface area contributed by atoms with Gasteiger partial charge >= 0.3 is 6.61 Å². The Labute approximate surface area is 130 Å². The fourth-order valence-electron chi connectivity index (χ4n) is 1.85. The molecule has 0 fully saturated rings. The van der Waals surface area contributed by atoms with E-state index in [1.165, 1.54) is 19.2 Å². The maximum atomic E-state index is 14.1. The van der Waals surface area contributed by atoms with Gasteiger partial charge in [0.15, 0.2) is 0 Å². The van der Waals surface area contributed by atoms with E-state index in [0.29, 0.717) is 0 Å². The van der Waals surface area contributed by atoms with E-state index in [9.17, 15) is 13.2 Å². The highest BCUT2D eigenvalue weighted by molar-refractivity contribution is 6.32. The van der Waals surface area contributed by atoms with Crippen molar-refractivity contribution in [1.82, 2.24) is 9.78 Å². The molecule has 0 saturated heterocycles. The summed E-state index contributed by atoms with van der Waals surface area (Å²) in [6.07, 6.45) is -0.155. The Hall–Kier alpha value is -1.89. The number of benzene rings is 1. The van der Waals surface area contributed by atoms with E-state index in [1.54, 1.807) is 13.8 Å². The lowest BCUT2D eigenvalue weighted by Crippen LogP contribution is -2.06. The first kappa shape index (κ1) is 16.5. The molecule has 8 heteroatoms. The third-order valence-electron chi connectivity index (χ3n) is 2.71. The number of alkyl halides is 2. The van der Waals surface area contributed by atoms with Gasteiger partial charge in [-0.2, -0.15) is 13.9 Å².